The number of piperazine rings is 1. The average Bonchev–Trinajstić information content (AvgIpc) is 2.33. The van der Waals surface area contributed by atoms with E-state index in [-0.39, 0.29) is 24.1 Å². The van der Waals surface area contributed by atoms with Gasteiger partial charge in [0.2, 0.25) is 5.91 Å². The van der Waals surface area contributed by atoms with Gasteiger partial charge < -0.3 is 21.1 Å². The van der Waals surface area contributed by atoms with Crippen molar-refractivity contribution in [3.05, 3.63) is 0 Å². The molecular weight excluding hydrogens is 218 g/mol. The first kappa shape index (κ1) is 12.8. The minimum absolute atomic E-state index is 0.00958. The van der Waals surface area contributed by atoms with Gasteiger partial charge in [0.05, 0.1) is 18.2 Å². The lowest BCUT2D eigenvalue weighted by Crippen LogP contribution is -2.61. The van der Waals surface area contributed by atoms with E-state index in [1.807, 2.05) is 0 Å². The third-order valence-corrected chi connectivity index (χ3v) is 3.71. The normalized spacial score (nSPS) is 38.7. The molecule has 5 heteroatoms. The smallest absolute Gasteiger partial charge is 0.238 e. The summed E-state index contributed by atoms with van der Waals surface area (Å²) in [5, 5.41) is 19.3. The molecule has 4 unspecified atom stereocenters. The van der Waals surface area contributed by atoms with Crippen LogP contribution in [-0.4, -0.2) is 48.3 Å². The SMILES string of the molecule is CC1CNC(C(=O)NC2CCCCC2O)CN1. The van der Waals surface area contributed by atoms with E-state index < -0.39 is 0 Å². The predicted molar refractivity (Wildman–Crippen MR) is 65.7 cm³/mol. The first-order valence-corrected chi connectivity index (χ1v) is 6.62. The number of hydrogen-bond acceptors (Lipinski definition) is 4. The number of amides is 1. The van der Waals surface area contributed by atoms with Gasteiger partial charge in [-0.05, 0) is 19.8 Å². The molecule has 1 amide bonds. The molecule has 0 aromatic rings. The molecule has 0 bridgehead atoms. The van der Waals surface area contributed by atoms with Gasteiger partial charge in [0.15, 0.2) is 0 Å². The summed E-state index contributed by atoms with van der Waals surface area (Å²) in [6.07, 6.45) is 3.48. The van der Waals surface area contributed by atoms with Crippen molar-refractivity contribution in [3.63, 3.8) is 0 Å². The van der Waals surface area contributed by atoms with Crippen LogP contribution in [0.2, 0.25) is 0 Å². The summed E-state index contributed by atoms with van der Waals surface area (Å²) in [5.74, 6) is 0.00958. The maximum Gasteiger partial charge on any atom is 0.238 e. The Hall–Kier alpha value is -0.650. The molecule has 1 aliphatic heterocycles. The lowest BCUT2D eigenvalue weighted by Gasteiger charge is -2.32. The number of rotatable bonds is 2. The Morgan fingerprint density at radius 3 is 2.65 bits per heavy atom. The second kappa shape index (κ2) is 5.80. The lowest BCUT2D eigenvalue weighted by molar-refractivity contribution is -0.125. The topological polar surface area (TPSA) is 73.4 Å². The fourth-order valence-electron chi connectivity index (χ4n) is 2.53. The van der Waals surface area contributed by atoms with Crippen LogP contribution in [0.25, 0.3) is 0 Å². The zero-order chi connectivity index (χ0) is 12.3. The highest BCUT2D eigenvalue weighted by Crippen LogP contribution is 2.18. The van der Waals surface area contributed by atoms with Gasteiger partial charge in [-0.2, -0.15) is 0 Å². The standard InChI is InChI=1S/C12H23N3O2/c1-8-6-14-10(7-13-8)12(17)15-9-4-2-3-5-11(9)16/h8-11,13-14,16H,2-7H2,1H3,(H,15,17). The molecule has 2 aliphatic rings. The van der Waals surface area contributed by atoms with Crippen LogP contribution in [0.15, 0.2) is 0 Å². The van der Waals surface area contributed by atoms with Crippen molar-refractivity contribution in [2.75, 3.05) is 13.1 Å². The Morgan fingerprint density at radius 1 is 1.24 bits per heavy atom. The van der Waals surface area contributed by atoms with E-state index in [4.69, 9.17) is 0 Å². The fraction of sp³-hybridized carbons (Fsp3) is 0.917. The molecule has 0 aromatic heterocycles. The van der Waals surface area contributed by atoms with Crippen molar-refractivity contribution in [1.82, 2.24) is 16.0 Å². The van der Waals surface area contributed by atoms with Crippen LogP contribution in [-0.2, 0) is 4.79 Å². The summed E-state index contributed by atoms with van der Waals surface area (Å²) < 4.78 is 0. The second-order valence-corrected chi connectivity index (χ2v) is 5.24. The summed E-state index contributed by atoms with van der Waals surface area (Å²) >= 11 is 0. The van der Waals surface area contributed by atoms with Crippen LogP contribution in [0.4, 0.5) is 0 Å². The summed E-state index contributed by atoms with van der Waals surface area (Å²) in [6, 6.07) is 0.192. The van der Waals surface area contributed by atoms with Crippen LogP contribution in [0.1, 0.15) is 32.6 Å². The van der Waals surface area contributed by atoms with Gasteiger partial charge in [0.25, 0.3) is 0 Å². The van der Waals surface area contributed by atoms with Gasteiger partial charge >= 0.3 is 0 Å². The van der Waals surface area contributed by atoms with E-state index in [2.05, 4.69) is 22.9 Å². The molecule has 0 spiro atoms. The van der Waals surface area contributed by atoms with Gasteiger partial charge in [-0.3, -0.25) is 4.79 Å². The van der Waals surface area contributed by atoms with E-state index in [0.717, 1.165) is 32.2 Å². The van der Waals surface area contributed by atoms with Crippen molar-refractivity contribution in [2.24, 2.45) is 0 Å². The molecule has 2 rings (SSSR count). The van der Waals surface area contributed by atoms with Gasteiger partial charge in [-0.15, -0.1) is 0 Å². The number of carbonyl (C=O) groups excluding carboxylic acids is 1. The molecule has 98 valence electrons. The van der Waals surface area contributed by atoms with Gasteiger partial charge in [-0.25, -0.2) is 0 Å². The number of aliphatic hydroxyl groups is 1. The van der Waals surface area contributed by atoms with Crippen LogP contribution in [0.5, 0.6) is 0 Å². The van der Waals surface area contributed by atoms with Crippen molar-refractivity contribution >= 4 is 5.91 Å². The van der Waals surface area contributed by atoms with E-state index in [1.165, 1.54) is 0 Å². The molecule has 1 aliphatic carbocycles. The number of nitrogens with one attached hydrogen (secondary N) is 3. The molecule has 1 saturated heterocycles. The molecule has 1 saturated carbocycles. The minimum Gasteiger partial charge on any atom is -0.391 e. The highest BCUT2D eigenvalue weighted by molar-refractivity contribution is 5.82. The van der Waals surface area contributed by atoms with E-state index in [1.54, 1.807) is 0 Å². The van der Waals surface area contributed by atoms with Crippen LogP contribution >= 0.6 is 0 Å². The number of hydrogen-bond donors (Lipinski definition) is 4. The maximum atomic E-state index is 12.0. The van der Waals surface area contributed by atoms with E-state index in [9.17, 15) is 9.90 Å². The fourth-order valence-corrected chi connectivity index (χ4v) is 2.53. The Morgan fingerprint density at radius 2 is 2.00 bits per heavy atom. The Labute approximate surface area is 102 Å². The van der Waals surface area contributed by atoms with E-state index in [0.29, 0.717) is 12.6 Å². The Bertz CT molecular complexity index is 264. The van der Waals surface area contributed by atoms with Gasteiger partial charge in [0.1, 0.15) is 0 Å². The maximum absolute atomic E-state index is 12.0. The third kappa shape index (κ3) is 3.40. The predicted octanol–water partition coefficient (Wildman–Crippen LogP) is -0.644. The first-order valence-electron chi connectivity index (χ1n) is 6.62. The number of carbonyl (C=O) groups is 1. The quantitative estimate of drug-likeness (QED) is 0.519. The monoisotopic (exact) mass is 241 g/mol. The highest BCUT2D eigenvalue weighted by Gasteiger charge is 2.29. The lowest BCUT2D eigenvalue weighted by atomic mass is 9.92. The Balaban J connectivity index is 1.79. The van der Waals surface area contributed by atoms with Crippen molar-refractivity contribution in [1.29, 1.82) is 0 Å². The molecule has 0 radical (unpaired) electrons. The third-order valence-electron chi connectivity index (χ3n) is 3.71. The molecule has 0 aromatic carbocycles. The highest BCUT2D eigenvalue weighted by atomic mass is 16.3. The van der Waals surface area contributed by atoms with Crippen molar-refractivity contribution < 1.29 is 9.90 Å². The first-order chi connectivity index (χ1) is 8.16. The van der Waals surface area contributed by atoms with Crippen LogP contribution < -0.4 is 16.0 Å². The Kier molecular flexibility index (Phi) is 4.36. The second-order valence-electron chi connectivity index (χ2n) is 5.24. The molecule has 17 heavy (non-hydrogen) atoms. The molecule has 2 fully saturated rings. The molecular formula is C12H23N3O2. The van der Waals surface area contributed by atoms with E-state index >= 15 is 0 Å². The zero-order valence-corrected chi connectivity index (χ0v) is 10.4. The zero-order valence-electron chi connectivity index (χ0n) is 10.4. The largest absolute Gasteiger partial charge is 0.391 e. The van der Waals surface area contributed by atoms with Crippen LogP contribution in [0, 0.1) is 0 Å². The summed E-state index contributed by atoms with van der Waals surface area (Å²) in [6.45, 7) is 3.56. The molecule has 5 nitrogen and oxygen atoms in total. The number of aliphatic hydroxyl groups excluding tert-OH is 1. The minimum atomic E-state index is -0.372. The summed E-state index contributed by atoms with van der Waals surface area (Å²) in [7, 11) is 0. The van der Waals surface area contributed by atoms with Gasteiger partial charge in [0, 0.05) is 19.1 Å². The summed E-state index contributed by atoms with van der Waals surface area (Å²) in [4.78, 5) is 12.0. The van der Waals surface area contributed by atoms with Crippen molar-refractivity contribution in [3.8, 4) is 0 Å². The average molecular weight is 241 g/mol. The van der Waals surface area contributed by atoms with Crippen molar-refractivity contribution in [2.45, 2.75) is 56.8 Å². The van der Waals surface area contributed by atoms with Crippen LogP contribution in [0.3, 0.4) is 0 Å². The molecule has 4 N–H and O–H groups in total. The molecule has 1 heterocycles. The van der Waals surface area contributed by atoms with Gasteiger partial charge in [-0.1, -0.05) is 12.8 Å². The summed E-state index contributed by atoms with van der Waals surface area (Å²) in [5.41, 5.74) is 0. The molecule has 4 atom stereocenters.